The molecule has 0 bridgehead atoms. The summed E-state index contributed by atoms with van der Waals surface area (Å²) in [6, 6.07) is 0.259. The Labute approximate surface area is 99.8 Å². The zero-order valence-corrected chi connectivity index (χ0v) is 10.5. The van der Waals surface area contributed by atoms with Crippen molar-refractivity contribution in [2.24, 2.45) is 0 Å². The Balaban J connectivity index is 2.04. The maximum atomic E-state index is 11.4. The smallest absolute Gasteiger partial charge is 0.221 e. The predicted octanol–water partition coefficient (Wildman–Crippen LogP) is 0.932. The molecule has 16 heavy (non-hydrogen) atoms. The number of amides is 1. The van der Waals surface area contributed by atoms with Crippen LogP contribution < -0.4 is 10.6 Å². The van der Waals surface area contributed by atoms with Gasteiger partial charge in [0.1, 0.15) is 0 Å². The van der Waals surface area contributed by atoms with Crippen LogP contribution in [0.15, 0.2) is 5.38 Å². The summed E-state index contributed by atoms with van der Waals surface area (Å²) in [6.45, 7) is 5.40. The molecule has 1 amide bonds. The Morgan fingerprint density at radius 3 is 3.06 bits per heavy atom. The maximum absolute atomic E-state index is 11.4. The molecule has 0 aromatic carbocycles. The lowest BCUT2D eigenvalue weighted by Gasteiger charge is -2.11. The van der Waals surface area contributed by atoms with Crippen molar-refractivity contribution in [1.29, 1.82) is 0 Å². The Hall–Kier alpha value is -1.01. The summed E-state index contributed by atoms with van der Waals surface area (Å²) in [4.78, 5) is 11.4. The molecule has 5 nitrogen and oxygen atoms in total. The van der Waals surface area contributed by atoms with Crippen LogP contribution >= 0.6 is 11.5 Å². The summed E-state index contributed by atoms with van der Waals surface area (Å²) in [5.74, 6) is 0.0956. The normalized spacial score (nSPS) is 12.4. The van der Waals surface area contributed by atoms with E-state index < -0.39 is 0 Å². The first-order chi connectivity index (χ1) is 7.72. The number of aromatic nitrogens is 2. The third-order valence-corrected chi connectivity index (χ3v) is 2.81. The Bertz CT molecular complexity index is 302. The van der Waals surface area contributed by atoms with Gasteiger partial charge in [0.25, 0.3) is 0 Å². The molecule has 0 fully saturated rings. The molecular weight excluding hydrogens is 224 g/mol. The van der Waals surface area contributed by atoms with Crippen molar-refractivity contribution in [3.63, 3.8) is 0 Å². The molecule has 1 aromatic rings. The standard InChI is InChI=1S/C10H18N4OS/c1-3-8(2)12-10(15)4-5-11-6-9-7-16-14-13-9/h7-8,11H,3-6H2,1-2H3,(H,12,15). The van der Waals surface area contributed by atoms with Gasteiger partial charge in [-0.25, -0.2) is 0 Å². The summed E-state index contributed by atoms with van der Waals surface area (Å²) in [5, 5.41) is 11.9. The molecule has 0 spiro atoms. The van der Waals surface area contributed by atoms with Gasteiger partial charge in [0.05, 0.1) is 5.69 Å². The number of hydrogen-bond acceptors (Lipinski definition) is 5. The molecule has 0 saturated carbocycles. The van der Waals surface area contributed by atoms with Crippen molar-refractivity contribution in [2.75, 3.05) is 6.54 Å². The Kier molecular flexibility index (Phi) is 5.95. The van der Waals surface area contributed by atoms with Crippen molar-refractivity contribution in [2.45, 2.75) is 39.3 Å². The van der Waals surface area contributed by atoms with Crippen LogP contribution in [0.25, 0.3) is 0 Å². The Morgan fingerprint density at radius 1 is 1.62 bits per heavy atom. The second-order valence-corrected chi connectivity index (χ2v) is 4.31. The predicted molar refractivity (Wildman–Crippen MR) is 64.1 cm³/mol. The molecule has 0 aliphatic heterocycles. The number of nitrogens with zero attached hydrogens (tertiary/aromatic N) is 2. The largest absolute Gasteiger partial charge is 0.354 e. The van der Waals surface area contributed by atoms with Gasteiger partial charge in [-0.3, -0.25) is 4.79 Å². The fourth-order valence-electron chi connectivity index (χ4n) is 1.13. The molecule has 0 saturated heterocycles. The molecule has 1 rings (SSSR count). The first-order valence-electron chi connectivity index (χ1n) is 5.48. The highest BCUT2D eigenvalue weighted by atomic mass is 32.1. The summed E-state index contributed by atoms with van der Waals surface area (Å²) >= 11 is 1.33. The molecule has 2 N–H and O–H groups in total. The van der Waals surface area contributed by atoms with E-state index in [1.165, 1.54) is 11.5 Å². The van der Waals surface area contributed by atoms with Gasteiger partial charge >= 0.3 is 0 Å². The minimum Gasteiger partial charge on any atom is -0.354 e. The molecule has 1 unspecified atom stereocenters. The molecule has 0 radical (unpaired) electrons. The molecule has 0 aliphatic carbocycles. The van der Waals surface area contributed by atoms with Crippen LogP contribution in [-0.4, -0.2) is 28.1 Å². The van der Waals surface area contributed by atoms with E-state index in [0.29, 0.717) is 19.5 Å². The maximum Gasteiger partial charge on any atom is 0.221 e. The molecule has 1 aromatic heterocycles. The fraction of sp³-hybridized carbons (Fsp3) is 0.700. The third-order valence-electron chi connectivity index (χ3n) is 2.26. The van der Waals surface area contributed by atoms with Crippen LogP contribution in [0, 0.1) is 0 Å². The second-order valence-electron chi connectivity index (χ2n) is 3.70. The van der Waals surface area contributed by atoms with Crippen LogP contribution in [0.4, 0.5) is 0 Å². The SMILES string of the molecule is CCC(C)NC(=O)CCNCc1csnn1. The zero-order chi connectivity index (χ0) is 11.8. The van der Waals surface area contributed by atoms with Gasteiger partial charge in [0, 0.05) is 30.9 Å². The molecule has 90 valence electrons. The van der Waals surface area contributed by atoms with Gasteiger partial charge in [-0.05, 0) is 24.9 Å². The van der Waals surface area contributed by atoms with Gasteiger partial charge < -0.3 is 10.6 Å². The monoisotopic (exact) mass is 242 g/mol. The van der Waals surface area contributed by atoms with E-state index >= 15 is 0 Å². The van der Waals surface area contributed by atoms with Crippen molar-refractivity contribution < 1.29 is 4.79 Å². The highest BCUT2D eigenvalue weighted by Crippen LogP contribution is 1.95. The van der Waals surface area contributed by atoms with Crippen LogP contribution in [0.3, 0.4) is 0 Å². The van der Waals surface area contributed by atoms with Gasteiger partial charge in [0.2, 0.25) is 5.91 Å². The minimum atomic E-state index is 0.0956. The van der Waals surface area contributed by atoms with Crippen molar-refractivity contribution >= 4 is 17.4 Å². The lowest BCUT2D eigenvalue weighted by Crippen LogP contribution is -2.33. The average molecular weight is 242 g/mol. The highest BCUT2D eigenvalue weighted by Gasteiger charge is 2.04. The van der Waals surface area contributed by atoms with Gasteiger partial charge in [-0.1, -0.05) is 11.4 Å². The average Bonchev–Trinajstić information content (AvgIpc) is 2.77. The van der Waals surface area contributed by atoms with Crippen LogP contribution in [0.2, 0.25) is 0 Å². The molecule has 6 heteroatoms. The molecule has 1 heterocycles. The summed E-state index contributed by atoms with van der Waals surface area (Å²) < 4.78 is 3.76. The number of carbonyl (C=O) groups is 1. The molecule has 0 aliphatic rings. The summed E-state index contributed by atoms with van der Waals surface area (Å²) in [6.07, 6.45) is 1.46. The van der Waals surface area contributed by atoms with Crippen molar-refractivity contribution in [1.82, 2.24) is 20.2 Å². The van der Waals surface area contributed by atoms with Crippen LogP contribution in [0.5, 0.6) is 0 Å². The lowest BCUT2D eigenvalue weighted by atomic mass is 10.2. The van der Waals surface area contributed by atoms with Gasteiger partial charge in [-0.2, -0.15) is 0 Å². The highest BCUT2D eigenvalue weighted by molar-refractivity contribution is 7.03. The van der Waals surface area contributed by atoms with Crippen molar-refractivity contribution in [3.05, 3.63) is 11.1 Å². The topological polar surface area (TPSA) is 66.9 Å². The summed E-state index contributed by atoms with van der Waals surface area (Å²) in [5.41, 5.74) is 0.923. The quantitative estimate of drug-likeness (QED) is 0.698. The third kappa shape index (κ3) is 5.18. The first kappa shape index (κ1) is 13.1. The first-order valence-corrected chi connectivity index (χ1v) is 6.32. The van der Waals surface area contributed by atoms with Crippen LogP contribution in [0.1, 0.15) is 32.4 Å². The van der Waals surface area contributed by atoms with Gasteiger partial charge in [0.15, 0.2) is 0 Å². The Morgan fingerprint density at radius 2 is 2.44 bits per heavy atom. The van der Waals surface area contributed by atoms with E-state index in [9.17, 15) is 4.79 Å². The summed E-state index contributed by atoms with van der Waals surface area (Å²) in [7, 11) is 0. The number of rotatable bonds is 7. The van der Waals surface area contributed by atoms with E-state index in [-0.39, 0.29) is 11.9 Å². The molecule has 1 atom stereocenters. The van der Waals surface area contributed by atoms with E-state index in [0.717, 1.165) is 12.1 Å². The van der Waals surface area contributed by atoms with Crippen molar-refractivity contribution in [3.8, 4) is 0 Å². The van der Waals surface area contributed by atoms with E-state index in [1.54, 1.807) is 0 Å². The number of hydrogen-bond donors (Lipinski definition) is 2. The fourth-order valence-corrected chi connectivity index (χ4v) is 1.58. The van der Waals surface area contributed by atoms with E-state index in [1.807, 2.05) is 12.3 Å². The zero-order valence-electron chi connectivity index (χ0n) is 9.69. The lowest BCUT2D eigenvalue weighted by molar-refractivity contribution is -0.121. The number of carbonyl (C=O) groups excluding carboxylic acids is 1. The minimum absolute atomic E-state index is 0.0956. The van der Waals surface area contributed by atoms with E-state index in [2.05, 4.69) is 27.1 Å². The number of nitrogens with one attached hydrogen (secondary N) is 2. The van der Waals surface area contributed by atoms with Crippen LogP contribution in [-0.2, 0) is 11.3 Å². The second kappa shape index (κ2) is 7.29. The molecular formula is C10H18N4OS. The van der Waals surface area contributed by atoms with Gasteiger partial charge in [-0.15, -0.1) is 5.10 Å². The van der Waals surface area contributed by atoms with E-state index in [4.69, 9.17) is 0 Å².